The van der Waals surface area contributed by atoms with E-state index >= 15 is 0 Å². The number of benzene rings is 1. The van der Waals surface area contributed by atoms with Crippen molar-refractivity contribution in [2.24, 2.45) is 0 Å². The number of rotatable bonds is 2. The molecule has 108 valence electrons. The summed E-state index contributed by atoms with van der Waals surface area (Å²) in [6.07, 6.45) is 2.06. The van der Waals surface area contributed by atoms with Crippen molar-refractivity contribution in [3.05, 3.63) is 24.0 Å². The Balaban J connectivity index is 2.23. The fourth-order valence-electron chi connectivity index (χ4n) is 3.11. The van der Waals surface area contributed by atoms with Crippen LogP contribution in [0.4, 0.5) is 5.69 Å². The van der Waals surface area contributed by atoms with Crippen LogP contribution in [-0.4, -0.2) is 22.8 Å². The molecule has 0 radical (unpaired) electrons. The number of hydrogen-bond donors (Lipinski definition) is 1. The number of aromatic nitrogens is 2. The molecule has 4 heteroatoms. The fourth-order valence-corrected chi connectivity index (χ4v) is 3.11. The third kappa shape index (κ3) is 2.08. The molecule has 0 unspecified atom stereocenters. The standard InChI is InChI=1S/C16H23N3O/c1-11(2)15-18-13-10-12(17)4-5-14(13)19(15)16(3)6-8-20-9-7-16/h4-5,10-11H,6-9,17H2,1-3H3. The van der Waals surface area contributed by atoms with Crippen molar-refractivity contribution in [3.8, 4) is 0 Å². The first-order chi connectivity index (χ1) is 9.51. The van der Waals surface area contributed by atoms with E-state index in [2.05, 4.69) is 31.4 Å². The van der Waals surface area contributed by atoms with Crippen molar-refractivity contribution in [3.63, 3.8) is 0 Å². The van der Waals surface area contributed by atoms with Gasteiger partial charge >= 0.3 is 0 Å². The van der Waals surface area contributed by atoms with E-state index in [1.807, 2.05) is 12.1 Å². The summed E-state index contributed by atoms with van der Waals surface area (Å²) < 4.78 is 7.97. The molecule has 2 heterocycles. The molecule has 0 spiro atoms. The Morgan fingerprint density at radius 3 is 2.65 bits per heavy atom. The number of fused-ring (bicyclic) bond motifs is 1. The van der Waals surface area contributed by atoms with E-state index in [0.29, 0.717) is 5.92 Å². The zero-order valence-corrected chi connectivity index (χ0v) is 12.5. The van der Waals surface area contributed by atoms with Crippen LogP contribution in [0, 0.1) is 0 Å². The second-order valence-corrected chi connectivity index (χ2v) is 6.32. The summed E-state index contributed by atoms with van der Waals surface area (Å²) in [5.41, 5.74) is 8.95. The Labute approximate surface area is 119 Å². The first-order valence-electron chi connectivity index (χ1n) is 7.37. The Morgan fingerprint density at radius 1 is 1.30 bits per heavy atom. The lowest BCUT2D eigenvalue weighted by atomic mass is 9.91. The van der Waals surface area contributed by atoms with Gasteiger partial charge in [0.1, 0.15) is 5.82 Å². The summed E-state index contributed by atoms with van der Waals surface area (Å²) in [5.74, 6) is 1.54. The third-order valence-corrected chi connectivity index (χ3v) is 4.33. The molecule has 1 fully saturated rings. The van der Waals surface area contributed by atoms with E-state index < -0.39 is 0 Å². The minimum absolute atomic E-state index is 0.0860. The molecule has 20 heavy (non-hydrogen) atoms. The zero-order chi connectivity index (χ0) is 14.3. The molecule has 0 aliphatic carbocycles. The molecule has 0 saturated carbocycles. The first kappa shape index (κ1) is 13.4. The lowest BCUT2D eigenvalue weighted by Crippen LogP contribution is -2.37. The molecule has 0 bridgehead atoms. The predicted molar refractivity (Wildman–Crippen MR) is 81.9 cm³/mol. The molecule has 4 nitrogen and oxygen atoms in total. The van der Waals surface area contributed by atoms with Gasteiger partial charge < -0.3 is 15.0 Å². The van der Waals surface area contributed by atoms with E-state index in [-0.39, 0.29) is 5.54 Å². The molecular formula is C16H23N3O. The van der Waals surface area contributed by atoms with Gasteiger partial charge in [-0.3, -0.25) is 0 Å². The van der Waals surface area contributed by atoms with Gasteiger partial charge in [0, 0.05) is 30.4 Å². The van der Waals surface area contributed by atoms with E-state index in [0.717, 1.165) is 43.1 Å². The van der Waals surface area contributed by atoms with Crippen LogP contribution in [0.25, 0.3) is 11.0 Å². The molecule has 2 N–H and O–H groups in total. The van der Waals surface area contributed by atoms with Crippen molar-refractivity contribution in [2.45, 2.75) is 45.1 Å². The monoisotopic (exact) mass is 273 g/mol. The molecule has 1 aliphatic heterocycles. The number of anilines is 1. The van der Waals surface area contributed by atoms with Crippen LogP contribution in [-0.2, 0) is 10.3 Å². The third-order valence-electron chi connectivity index (χ3n) is 4.33. The topological polar surface area (TPSA) is 53.1 Å². The summed E-state index contributed by atoms with van der Waals surface area (Å²) in [5, 5.41) is 0. The Morgan fingerprint density at radius 2 is 2.00 bits per heavy atom. The van der Waals surface area contributed by atoms with Crippen molar-refractivity contribution >= 4 is 16.7 Å². The maximum Gasteiger partial charge on any atom is 0.112 e. The second-order valence-electron chi connectivity index (χ2n) is 6.32. The van der Waals surface area contributed by atoms with Gasteiger partial charge in [0.2, 0.25) is 0 Å². The molecule has 0 atom stereocenters. The van der Waals surface area contributed by atoms with Gasteiger partial charge in [-0.2, -0.15) is 0 Å². The van der Waals surface area contributed by atoms with Crippen LogP contribution >= 0.6 is 0 Å². The summed E-state index contributed by atoms with van der Waals surface area (Å²) in [6, 6.07) is 6.04. The van der Waals surface area contributed by atoms with Gasteiger partial charge in [0.25, 0.3) is 0 Å². The maximum atomic E-state index is 5.90. The minimum atomic E-state index is 0.0860. The quantitative estimate of drug-likeness (QED) is 0.854. The molecule has 2 aromatic rings. The van der Waals surface area contributed by atoms with Gasteiger partial charge in [-0.15, -0.1) is 0 Å². The zero-order valence-electron chi connectivity index (χ0n) is 12.5. The molecular weight excluding hydrogens is 250 g/mol. The van der Waals surface area contributed by atoms with Crippen molar-refractivity contribution in [2.75, 3.05) is 18.9 Å². The van der Waals surface area contributed by atoms with Gasteiger partial charge in [-0.1, -0.05) is 13.8 Å². The molecule has 1 aromatic heterocycles. The summed E-state index contributed by atoms with van der Waals surface area (Å²) in [4.78, 5) is 4.84. The highest BCUT2D eigenvalue weighted by atomic mass is 16.5. The van der Waals surface area contributed by atoms with Crippen LogP contribution < -0.4 is 5.73 Å². The van der Waals surface area contributed by atoms with Gasteiger partial charge in [-0.25, -0.2) is 4.98 Å². The van der Waals surface area contributed by atoms with Gasteiger partial charge in [0.05, 0.1) is 11.0 Å². The smallest absolute Gasteiger partial charge is 0.112 e. The normalized spacial score (nSPS) is 18.8. The number of hydrogen-bond acceptors (Lipinski definition) is 3. The lowest BCUT2D eigenvalue weighted by molar-refractivity contribution is 0.0297. The van der Waals surface area contributed by atoms with E-state index in [1.54, 1.807) is 0 Å². The van der Waals surface area contributed by atoms with Crippen LogP contribution in [0.3, 0.4) is 0 Å². The van der Waals surface area contributed by atoms with E-state index in [4.69, 9.17) is 15.5 Å². The lowest BCUT2D eigenvalue weighted by Gasteiger charge is -2.37. The van der Waals surface area contributed by atoms with Crippen LogP contribution in [0.1, 0.15) is 45.4 Å². The highest BCUT2D eigenvalue weighted by molar-refractivity contribution is 5.80. The van der Waals surface area contributed by atoms with E-state index in [9.17, 15) is 0 Å². The average Bonchev–Trinajstić information content (AvgIpc) is 2.79. The summed E-state index contributed by atoms with van der Waals surface area (Å²) in [6.45, 7) is 8.36. The highest BCUT2D eigenvalue weighted by Gasteiger charge is 2.33. The van der Waals surface area contributed by atoms with Crippen molar-refractivity contribution < 1.29 is 4.74 Å². The Kier molecular flexibility index (Phi) is 3.21. The van der Waals surface area contributed by atoms with E-state index in [1.165, 1.54) is 5.52 Å². The largest absolute Gasteiger partial charge is 0.399 e. The summed E-state index contributed by atoms with van der Waals surface area (Å²) in [7, 11) is 0. The van der Waals surface area contributed by atoms with Crippen molar-refractivity contribution in [1.82, 2.24) is 9.55 Å². The predicted octanol–water partition coefficient (Wildman–Crippen LogP) is 3.27. The first-order valence-corrected chi connectivity index (χ1v) is 7.37. The molecule has 1 saturated heterocycles. The van der Waals surface area contributed by atoms with Crippen LogP contribution in [0.5, 0.6) is 0 Å². The number of nitrogen functional groups attached to an aromatic ring is 1. The van der Waals surface area contributed by atoms with Crippen LogP contribution in [0.2, 0.25) is 0 Å². The average molecular weight is 273 g/mol. The number of nitrogens with zero attached hydrogens (tertiary/aromatic N) is 2. The number of ether oxygens (including phenoxy) is 1. The highest BCUT2D eigenvalue weighted by Crippen LogP contribution is 2.36. The maximum absolute atomic E-state index is 5.90. The number of nitrogens with two attached hydrogens (primary N) is 1. The number of imidazole rings is 1. The second kappa shape index (κ2) is 4.77. The minimum Gasteiger partial charge on any atom is -0.399 e. The SMILES string of the molecule is CC(C)c1nc2cc(N)ccc2n1C1(C)CCOCC1. The van der Waals surface area contributed by atoms with Gasteiger partial charge in [0.15, 0.2) is 0 Å². The molecule has 3 rings (SSSR count). The Bertz CT molecular complexity index is 624. The molecule has 0 amide bonds. The van der Waals surface area contributed by atoms with Crippen molar-refractivity contribution in [1.29, 1.82) is 0 Å². The molecule has 1 aliphatic rings. The summed E-state index contributed by atoms with van der Waals surface area (Å²) >= 11 is 0. The Hall–Kier alpha value is -1.55. The molecule has 1 aromatic carbocycles. The van der Waals surface area contributed by atoms with Gasteiger partial charge in [-0.05, 0) is 38.0 Å². The van der Waals surface area contributed by atoms with Crippen LogP contribution in [0.15, 0.2) is 18.2 Å². The fraction of sp³-hybridized carbons (Fsp3) is 0.562.